The lowest BCUT2D eigenvalue weighted by Gasteiger charge is -2.34. The Bertz CT molecular complexity index is 760. The molecule has 3 rings (SSSR count). The highest BCUT2D eigenvalue weighted by molar-refractivity contribution is 7.91. The number of carbonyl (C=O) groups excluding carboxylic acids is 2. The van der Waals surface area contributed by atoms with Crippen molar-refractivity contribution in [1.82, 2.24) is 19.9 Å². The predicted octanol–water partition coefficient (Wildman–Crippen LogP) is 0.249. The predicted molar refractivity (Wildman–Crippen MR) is 101 cm³/mol. The van der Waals surface area contributed by atoms with Gasteiger partial charge in [-0.3, -0.25) is 4.79 Å². The first kappa shape index (κ1) is 20.0. The van der Waals surface area contributed by atoms with Gasteiger partial charge in [0.15, 0.2) is 9.84 Å². The summed E-state index contributed by atoms with van der Waals surface area (Å²) in [7, 11) is -3.22. The molecule has 2 amide bonds. The molecule has 1 aromatic rings. The van der Waals surface area contributed by atoms with Gasteiger partial charge in [0.25, 0.3) is 5.91 Å². The molecule has 0 aliphatic carbocycles. The Morgan fingerprint density at radius 3 is 2.63 bits per heavy atom. The molecule has 9 nitrogen and oxygen atoms in total. The summed E-state index contributed by atoms with van der Waals surface area (Å²) < 4.78 is 33.1. The molecule has 0 unspecified atom stereocenters. The smallest absolute Gasteiger partial charge is 0.409 e. The Balaban J connectivity index is 1.56. The number of piperidine rings is 1. The maximum absolute atomic E-state index is 12.3. The van der Waals surface area contributed by atoms with Crippen molar-refractivity contribution in [3.63, 3.8) is 0 Å². The highest BCUT2D eigenvalue weighted by atomic mass is 32.2. The van der Waals surface area contributed by atoms with E-state index in [1.54, 1.807) is 17.9 Å². The van der Waals surface area contributed by atoms with Gasteiger partial charge in [0.05, 0.1) is 24.2 Å². The van der Waals surface area contributed by atoms with Crippen LogP contribution in [0.5, 0.6) is 0 Å². The Morgan fingerprint density at radius 2 is 2.00 bits per heavy atom. The first-order valence-corrected chi connectivity index (χ1v) is 11.6. The van der Waals surface area contributed by atoms with Gasteiger partial charge in [-0.25, -0.2) is 17.6 Å². The number of aromatic nitrogens is 1. The molecule has 2 fully saturated rings. The van der Waals surface area contributed by atoms with Gasteiger partial charge < -0.3 is 20.3 Å². The molecular weight excluding hydrogens is 392 g/mol. The maximum atomic E-state index is 12.3. The van der Waals surface area contributed by atoms with Gasteiger partial charge in [0.1, 0.15) is 4.88 Å². The van der Waals surface area contributed by atoms with Crippen LogP contribution in [0.2, 0.25) is 0 Å². The number of amides is 2. The molecule has 2 aliphatic rings. The molecule has 150 valence electrons. The van der Waals surface area contributed by atoms with E-state index in [1.165, 1.54) is 6.20 Å². The van der Waals surface area contributed by atoms with E-state index < -0.39 is 15.9 Å². The molecule has 3 heterocycles. The molecule has 11 heteroatoms. The van der Waals surface area contributed by atoms with Crippen LogP contribution in [0.4, 0.5) is 4.79 Å². The summed E-state index contributed by atoms with van der Waals surface area (Å²) in [6.07, 6.45) is 2.66. The molecule has 2 aliphatic heterocycles. The van der Waals surface area contributed by atoms with Gasteiger partial charge in [0.2, 0.25) is 0 Å². The minimum absolute atomic E-state index is 0.00126. The van der Waals surface area contributed by atoms with Gasteiger partial charge in [-0.05, 0) is 37.4 Å². The van der Waals surface area contributed by atoms with Gasteiger partial charge in [0, 0.05) is 31.4 Å². The minimum atomic E-state index is -3.22. The standard InChI is InChI=1S/C16H24N4O5S2/c1-2-25-16(22)20-7-4-11(5-8-20)18-12-9-27(23,24)10-13(12)19-15(21)14-3-6-17-26-14/h3,6,11-13,18H,2,4-5,7-10H2,1H3,(H,19,21)/t12-,13+/m1/s1. The van der Waals surface area contributed by atoms with Gasteiger partial charge in [-0.15, -0.1) is 0 Å². The van der Waals surface area contributed by atoms with Crippen LogP contribution in [0, 0.1) is 0 Å². The van der Waals surface area contributed by atoms with Crippen molar-refractivity contribution >= 4 is 33.4 Å². The zero-order chi connectivity index (χ0) is 19.4. The van der Waals surface area contributed by atoms with Crippen molar-refractivity contribution in [2.24, 2.45) is 0 Å². The van der Waals surface area contributed by atoms with Gasteiger partial charge in [-0.2, -0.15) is 0 Å². The molecule has 0 saturated carbocycles. The zero-order valence-electron chi connectivity index (χ0n) is 15.1. The Labute approximate surface area is 162 Å². The summed E-state index contributed by atoms with van der Waals surface area (Å²) in [6.45, 7) is 3.24. The van der Waals surface area contributed by atoms with Crippen molar-refractivity contribution in [3.8, 4) is 0 Å². The van der Waals surface area contributed by atoms with Crippen LogP contribution >= 0.6 is 11.5 Å². The monoisotopic (exact) mass is 416 g/mol. The van der Waals surface area contributed by atoms with Crippen LogP contribution in [0.25, 0.3) is 0 Å². The fourth-order valence-electron chi connectivity index (χ4n) is 3.47. The second-order valence-corrected chi connectivity index (χ2v) is 9.75. The summed E-state index contributed by atoms with van der Waals surface area (Å²) in [6, 6.07) is 0.882. The first-order valence-electron chi connectivity index (χ1n) is 8.97. The van der Waals surface area contributed by atoms with Crippen molar-refractivity contribution in [2.45, 2.75) is 37.9 Å². The van der Waals surface area contributed by atoms with E-state index in [1.807, 2.05) is 0 Å². The van der Waals surface area contributed by atoms with Crippen LogP contribution in [0.15, 0.2) is 12.3 Å². The van der Waals surface area contributed by atoms with E-state index in [4.69, 9.17) is 4.74 Å². The SMILES string of the molecule is CCOC(=O)N1CCC(N[C@@H]2CS(=O)(=O)C[C@@H]2NC(=O)c2ccns2)CC1. The van der Waals surface area contributed by atoms with Crippen molar-refractivity contribution < 1.29 is 22.7 Å². The minimum Gasteiger partial charge on any atom is -0.450 e. The Kier molecular flexibility index (Phi) is 6.33. The maximum Gasteiger partial charge on any atom is 0.409 e. The number of carbonyl (C=O) groups is 2. The Morgan fingerprint density at radius 1 is 1.30 bits per heavy atom. The van der Waals surface area contributed by atoms with Gasteiger partial charge in [-0.1, -0.05) is 0 Å². The van der Waals surface area contributed by atoms with Crippen LogP contribution in [0.1, 0.15) is 29.4 Å². The van der Waals surface area contributed by atoms with E-state index in [9.17, 15) is 18.0 Å². The van der Waals surface area contributed by atoms with Gasteiger partial charge >= 0.3 is 6.09 Å². The van der Waals surface area contributed by atoms with Crippen molar-refractivity contribution in [3.05, 3.63) is 17.1 Å². The summed E-state index contributed by atoms with van der Waals surface area (Å²) in [4.78, 5) is 26.2. The Hall–Kier alpha value is -1.72. The van der Waals surface area contributed by atoms with Crippen LogP contribution in [-0.2, 0) is 14.6 Å². The number of ether oxygens (including phenoxy) is 1. The lowest BCUT2D eigenvalue weighted by molar-refractivity contribution is 0.0907. The molecule has 27 heavy (non-hydrogen) atoms. The van der Waals surface area contributed by atoms with Crippen LogP contribution in [0.3, 0.4) is 0 Å². The second kappa shape index (κ2) is 8.53. The number of hydrogen-bond acceptors (Lipinski definition) is 8. The third kappa shape index (κ3) is 5.17. The molecule has 0 aromatic carbocycles. The number of rotatable bonds is 5. The molecule has 0 radical (unpaired) electrons. The highest BCUT2D eigenvalue weighted by Gasteiger charge is 2.40. The lowest BCUT2D eigenvalue weighted by Crippen LogP contribution is -2.54. The van der Waals surface area contributed by atoms with E-state index in [2.05, 4.69) is 15.0 Å². The number of nitrogens with zero attached hydrogens (tertiary/aromatic N) is 2. The number of sulfone groups is 1. The molecule has 0 bridgehead atoms. The summed E-state index contributed by atoms with van der Waals surface area (Å²) in [5.41, 5.74) is 0. The second-order valence-electron chi connectivity index (χ2n) is 6.77. The summed E-state index contributed by atoms with van der Waals surface area (Å²) in [5, 5.41) is 6.21. The topological polar surface area (TPSA) is 118 Å². The lowest BCUT2D eigenvalue weighted by atomic mass is 10.0. The summed E-state index contributed by atoms with van der Waals surface area (Å²) in [5.74, 6) is -0.376. The fraction of sp³-hybridized carbons (Fsp3) is 0.688. The van der Waals surface area contributed by atoms with E-state index >= 15 is 0 Å². The van der Waals surface area contributed by atoms with E-state index in [0.717, 1.165) is 11.5 Å². The third-order valence-electron chi connectivity index (χ3n) is 4.80. The normalized spacial score (nSPS) is 25.3. The number of nitrogens with one attached hydrogen (secondary N) is 2. The third-order valence-corrected chi connectivity index (χ3v) is 7.28. The average Bonchev–Trinajstić information content (AvgIpc) is 3.24. The fourth-order valence-corrected chi connectivity index (χ4v) is 5.85. The molecule has 2 saturated heterocycles. The highest BCUT2D eigenvalue weighted by Crippen LogP contribution is 2.18. The molecule has 0 spiro atoms. The first-order chi connectivity index (χ1) is 12.9. The van der Waals surface area contributed by atoms with Crippen LogP contribution < -0.4 is 10.6 Å². The number of likely N-dealkylation sites (tertiary alicyclic amines) is 1. The molecule has 2 atom stereocenters. The molecular formula is C16H24N4O5S2. The largest absolute Gasteiger partial charge is 0.450 e. The number of hydrogen-bond donors (Lipinski definition) is 2. The van der Waals surface area contributed by atoms with Crippen LogP contribution in [-0.4, -0.2) is 79.0 Å². The summed E-state index contributed by atoms with van der Waals surface area (Å²) >= 11 is 1.08. The quantitative estimate of drug-likeness (QED) is 0.706. The molecule has 2 N–H and O–H groups in total. The average molecular weight is 417 g/mol. The zero-order valence-corrected chi connectivity index (χ0v) is 16.7. The molecule has 1 aromatic heterocycles. The van der Waals surface area contributed by atoms with Crippen molar-refractivity contribution in [2.75, 3.05) is 31.2 Å². The van der Waals surface area contributed by atoms with Crippen molar-refractivity contribution in [1.29, 1.82) is 0 Å². The van der Waals surface area contributed by atoms with E-state index in [-0.39, 0.29) is 35.6 Å². The van der Waals surface area contributed by atoms with E-state index in [0.29, 0.717) is 37.4 Å².